The van der Waals surface area contributed by atoms with Crippen LogP contribution in [0.4, 0.5) is 0 Å². The van der Waals surface area contributed by atoms with Crippen LogP contribution in [0.25, 0.3) is 11.3 Å². The van der Waals surface area contributed by atoms with Gasteiger partial charge in [-0.15, -0.1) is 0 Å². The fourth-order valence-electron chi connectivity index (χ4n) is 2.55. The van der Waals surface area contributed by atoms with E-state index < -0.39 is 0 Å². The Morgan fingerprint density at radius 2 is 2.00 bits per heavy atom. The summed E-state index contributed by atoms with van der Waals surface area (Å²) in [7, 11) is 0. The molecular weight excluding hydrogens is 356 g/mol. The summed E-state index contributed by atoms with van der Waals surface area (Å²) < 4.78 is 6.50. The zero-order chi connectivity index (χ0) is 18.7. The summed E-state index contributed by atoms with van der Waals surface area (Å²) in [4.78, 5) is 24.4. The second-order valence-electron chi connectivity index (χ2n) is 5.73. The topological polar surface area (TPSA) is 90.0 Å². The number of nitrogens with zero attached hydrogens (tertiary/aromatic N) is 3. The molecule has 3 rings (SSSR count). The van der Waals surface area contributed by atoms with Gasteiger partial charge in [-0.2, -0.15) is 5.10 Å². The van der Waals surface area contributed by atoms with Crippen molar-refractivity contribution in [2.45, 2.75) is 20.4 Å². The molecule has 7 nitrogen and oxygen atoms in total. The standard InChI is InChI=1S/C18H17ClN4O3/c1-11-7-8-15(24)23(21-11)10-9-20-18(25)16-12(2)26-22-17(16)13-5-3-4-6-14(13)19/h3-8H,9-10H2,1-2H3,(H,20,25). The fraction of sp³-hybridized carbons (Fsp3) is 0.222. The Balaban J connectivity index is 1.77. The molecule has 0 saturated heterocycles. The van der Waals surface area contributed by atoms with Crippen LogP contribution in [0.3, 0.4) is 0 Å². The Kier molecular flexibility index (Phi) is 5.18. The molecule has 0 fully saturated rings. The summed E-state index contributed by atoms with van der Waals surface area (Å²) in [5.41, 5.74) is 1.83. The molecular formula is C18H17ClN4O3. The maximum atomic E-state index is 12.6. The molecule has 1 aromatic carbocycles. The smallest absolute Gasteiger partial charge is 0.266 e. The van der Waals surface area contributed by atoms with Crippen LogP contribution in [-0.2, 0) is 6.54 Å². The van der Waals surface area contributed by atoms with E-state index in [1.165, 1.54) is 10.7 Å². The summed E-state index contributed by atoms with van der Waals surface area (Å²) in [6.45, 7) is 3.96. The highest BCUT2D eigenvalue weighted by molar-refractivity contribution is 6.33. The predicted molar refractivity (Wildman–Crippen MR) is 97.3 cm³/mol. The summed E-state index contributed by atoms with van der Waals surface area (Å²) >= 11 is 6.20. The molecule has 0 aliphatic heterocycles. The third-order valence-corrected chi connectivity index (χ3v) is 4.16. The highest BCUT2D eigenvalue weighted by atomic mass is 35.5. The van der Waals surface area contributed by atoms with Crippen molar-refractivity contribution in [2.24, 2.45) is 0 Å². The molecule has 0 bridgehead atoms. The van der Waals surface area contributed by atoms with Gasteiger partial charge in [0.25, 0.3) is 11.5 Å². The fourth-order valence-corrected chi connectivity index (χ4v) is 2.78. The summed E-state index contributed by atoms with van der Waals surface area (Å²) in [5.74, 6) is 0.0441. The van der Waals surface area contributed by atoms with E-state index in [2.05, 4.69) is 15.6 Å². The first-order valence-electron chi connectivity index (χ1n) is 8.01. The zero-order valence-corrected chi connectivity index (χ0v) is 15.1. The van der Waals surface area contributed by atoms with Crippen LogP contribution >= 0.6 is 11.6 Å². The van der Waals surface area contributed by atoms with Gasteiger partial charge < -0.3 is 9.84 Å². The monoisotopic (exact) mass is 372 g/mol. The lowest BCUT2D eigenvalue weighted by Gasteiger charge is -2.08. The number of nitrogens with one attached hydrogen (secondary N) is 1. The van der Waals surface area contributed by atoms with Gasteiger partial charge in [0, 0.05) is 18.2 Å². The van der Waals surface area contributed by atoms with Gasteiger partial charge in [0.15, 0.2) is 0 Å². The van der Waals surface area contributed by atoms with E-state index in [0.29, 0.717) is 27.6 Å². The molecule has 1 N–H and O–H groups in total. The molecule has 0 unspecified atom stereocenters. The molecule has 0 aliphatic rings. The number of rotatable bonds is 5. The summed E-state index contributed by atoms with van der Waals surface area (Å²) in [5, 5.41) is 11.3. The van der Waals surface area contributed by atoms with Gasteiger partial charge in [-0.3, -0.25) is 9.59 Å². The number of halogens is 1. The molecule has 0 radical (unpaired) electrons. The van der Waals surface area contributed by atoms with E-state index in [1.807, 2.05) is 6.07 Å². The molecule has 2 heterocycles. The average Bonchev–Trinajstić information content (AvgIpc) is 2.99. The van der Waals surface area contributed by atoms with E-state index in [4.69, 9.17) is 16.1 Å². The van der Waals surface area contributed by atoms with Crippen LogP contribution in [0.2, 0.25) is 5.02 Å². The molecule has 0 aliphatic carbocycles. The molecule has 1 amide bonds. The number of benzene rings is 1. The van der Waals surface area contributed by atoms with Crippen LogP contribution < -0.4 is 10.9 Å². The minimum Gasteiger partial charge on any atom is -0.360 e. The average molecular weight is 373 g/mol. The lowest BCUT2D eigenvalue weighted by atomic mass is 10.1. The number of carbonyl (C=O) groups is 1. The Morgan fingerprint density at radius 1 is 1.23 bits per heavy atom. The zero-order valence-electron chi connectivity index (χ0n) is 14.3. The van der Waals surface area contributed by atoms with Gasteiger partial charge in [0.1, 0.15) is 17.0 Å². The van der Waals surface area contributed by atoms with Crippen molar-refractivity contribution < 1.29 is 9.32 Å². The van der Waals surface area contributed by atoms with Gasteiger partial charge in [-0.1, -0.05) is 35.0 Å². The van der Waals surface area contributed by atoms with Crippen molar-refractivity contribution in [1.29, 1.82) is 0 Å². The van der Waals surface area contributed by atoms with Crippen molar-refractivity contribution in [3.63, 3.8) is 0 Å². The first-order valence-corrected chi connectivity index (χ1v) is 8.39. The van der Waals surface area contributed by atoms with Gasteiger partial charge in [0.2, 0.25) is 0 Å². The van der Waals surface area contributed by atoms with E-state index in [9.17, 15) is 9.59 Å². The van der Waals surface area contributed by atoms with Crippen LogP contribution in [0.15, 0.2) is 45.7 Å². The Labute approximate surface area is 154 Å². The number of aromatic nitrogens is 3. The first kappa shape index (κ1) is 17.9. The number of aryl methyl sites for hydroxylation is 2. The Bertz CT molecular complexity index is 1010. The van der Waals surface area contributed by atoms with Crippen LogP contribution in [0, 0.1) is 13.8 Å². The first-order chi connectivity index (χ1) is 12.5. The quantitative estimate of drug-likeness (QED) is 0.743. The third-order valence-electron chi connectivity index (χ3n) is 3.83. The highest BCUT2D eigenvalue weighted by Gasteiger charge is 2.22. The Hall–Kier alpha value is -2.93. The van der Waals surface area contributed by atoms with Crippen molar-refractivity contribution in [1.82, 2.24) is 20.3 Å². The molecule has 0 atom stereocenters. The molecule has 2 aromatic heterocycles. The molecule has 134 valence electrons. The minimum absolute atomic E-state index is 0.220. The molecule has 3 aromatic rings. The largest absolute Gasteiger partial charge is 0.360 e. The van der Waals surface area contributed by atoms with E-state index in [0.717, 1.165) is 5.69 Å². The van der Waals surface area contributed by atoms with Crippen molar-refractivity contribution >= 4 is 17.5 Å². The number of hydrogen-bond acceptors (Lipinski definition) is 5. The highest BCUT2D eigenvalue weighted by Crippen LogP contribution is 2.30. The molecule has 0 spiro atoms. The normalized spacial score (nSPS) is 10.7. The van der Waals surface area contributed by atoms with E-state index in [-0.39, 0.29) is 24.6 Å². The van der Waals surface area contributed by atoms with Crippen molar-refractivity contribution in [3.8, 4) is 11.3 Å². The summed E-state index contributed by atoms with van der Waals surface area (Å²) in [6.07, 6.45) is 0. The van der Waals surface area contributed by atoms with Crippen LogP contribution in [-0.4, -0.2) is 27.4 Å². The second-order valence-corrected chi connectivity index (χ2v) is 6.14. The minimum atomic E-state index is -0.348. The molecule has 0 saturated carbocycles. The van der Waals surface area contributed by atoms with Gasteiger partial charge in [-0.25, -0.2) is 4.68 Å². The van der Waals surface area contributed by atoms with E-state index >= 15 is 0 Å². The SMILES string of the molecule is Cc1ccc(=O)n(CCNC(=O)c2c(-c3ccccc3Cl)noc2C)n1. The lowest BCUT2D eigenvalue weighted by molar-refractivity contribution is 0.0950. The Morgan fingerprint density at radius 3 is 2.77 bits per heavy atom. The maximum Gasteiger partial charge on any atom is 0.266 e. The van der Waals surface area contributed by atoms with Gasteiger partial charge in [-0.05, 0) is 26.0 Å². The number of hydrogen-bond donors (Lipinski definition) is 1. The second kappa shape index (κ2) is 7.53. The van der Waals surface area contributed by atoms with Crippen molar-refractivity contribution in [2.75, 3.05) is 6.54 Å². The lowest BCUT2D eigenvalue weighted by Crippen LogP contribution is -2.32. The summed E-state index contributed by atoms with van der Waals surface area (Å²) in [6, 6.07) is 10.2. The molecule has 8 heteroatoms. The van der Waals surface area contributed by atoms with Gasteiger partial charge in [0.05, 0.1) is 17.3 Å². The van der Waals surface area contributed by atoms with Crippen LogP contribution in [0.1, 0.15) is 21.8 Å². The number of carbonyl (C=O) groups excluding carboxylic acids is 1. The predicted octanol–water partition coefficient (Wildman–Crippen LogP) is 2.60. The van der Waals surface area contributed by atoms with E-state index in [1.54, 1.807) is 38.1 Å². The van der Waals surface area contributed by atoms with Gasteiger partial charge >= 0.3 is 0 Å². The number of amides is 1. The maximum absolute atomic E-state index is 12.6. The van der Waals surface area contributed by atoms with Crippen molar-refractivity contribution in [3.05, 3.63) is 68.8 Å². The van der Waals surface area contributed by atoms with Crippen LogP contribution in [0.5, 0.6) is 0 Å². The third kappa shape index (κ3) is 3.67. The molecule has 26 heavy (non-hydrogen) atoms.